The van der Waals surface area contributed by atoms with Crippen molar-refractivity contribution in [3.63, 3.8) is 0 Å². The second-order valence-corrected chi connectivity index (χ2v) is 4.16. The standard InChI is InChI=1S/C11H10ClNO3/c12-8-1-3-9(4-2-8)13-6-7(11(15)16)5-10(13)14/h1-4,7H,5-6H2,(H,15,16). The molecule has 5 heteroatoms. The van der Waals surface area contributed by atoms with E-state index in [1.165, 1.54) is 4.90 Å². The molecule has 1 atom stereocenters. The number of hydrogen-bond donors (Lipinski definition) is 1. The Balaban J connectivity index is 2.20. The van der Waals surface area contributed by atoms with Gasteiger partial charge in [0.25, 0.3) is 0 Å². The fourth-order valence-electron chi connectivity index (χ4n) is 1.74. The van der Waals surface area contributed by atoms with Gasteiger partial charge in [0.05, 0.1) is 5.92 Å². The second kappa shape index (κ2) is 4.14. The Labute approximate surface area is 97.4 Å². The van der Waals surface area contributed by atoms with Crippen molar-refractivity contribution in [1.82, 2.24) is 0 Å². The molecule has 0 bridgehead atoms. The molecule has 1 heterocycles. The molecule has 0 radical (unpaired) electrons. The van der Waals surface area contributed by atoms with Crippen LogP contribution in [0.25, 0.3) is 0 Å². The zero-order valence-electron chi connectivity index (χ0n) is 8.39. The minimum absolute atomic E-state index is 0.0674. The Morgan fingerprint density at radius 2 is 2.00 bits per heavy atom. The molecule has 1 aliphatic heterocycles. The summed E-state index contributed by atoms with van der Waals surface area (Å²) in [7, 11) is 0. The zero-order chi connectivity index (χ0) is 11.7. The fraction of sp³-hybridized carbons (Fsp3) is 0.273. The maximum absolute atomic E-state index is 11.6. The van der Waals surface area contributed by atoms with Crippen LogP contribution in [0.5, 0.6) is 0 Å². The average molecular weight is 240 g/mol. The van der Waals surface area contributed by atoms with Crippen LogP contribution in [0.15, 0.2) is 24.3 Å². The van der Waals surface area contributed by atoms with E-state index in [0.29, 0.717) is 10.7 Å². The van der Waals surface area contributed by atoms with Crippen LogP contribution in [0.1, 0.15) is 6.42 Å². The van der Waals surface area contributed by atoms with E-state index in [0.717, 1.165) is 0 Å². The zero-order valence-corrected chi connectivity index (χ0v) is 9.15. The number of carboxylic acid groups (broad SMARTS) is 1. The molecule has 0 spiro atoms. The van der Waals surface area contributed by atoms with E-state index in [9.17, 15) is 9.59 Å². The summed E-state index contributed by atoms with van der Waals surface area (Å²) < 4.78 is 0. The van der Waals surface area contributed by atoms with Crippen LogP contribution in [-0.2, 0) is 9.59 Å². The molecule has 1 saturated heterocycles. The van der Waals surface area contributed by atoms with Crippen LogP contribution in [0.3, 0.4) is 0 Å². The number of carbonyl (C=O) groups is 2. The summed E-state index contributed by atoms with van der Waals surface area (Å²) in [6, 6.07) is 6.78. The van der Waals surface area contributed by atoms with Crippen molar-refractivity contribution >= 4 is 29.2 Å². The van der Waals surface area contributed by atoms with E-state index in [4.69, 9.17) is 16.7 Å². The molecular formula is C11H10ClNO3. The molecule has 2 rings (SSSR count). The summed E-state index contributed by atoms with van der Waals surface area (Å²) in [6.45, 7) is 0.232. The largest absolute Gasteiger partial charge is 0.481 e. The second-order valence-electron chi connectivity index (χ2n) is 3.72. The minimum Gasteiger partial charge on any atom is -0.481 e. The van der Waals surface area contributed by atoms with Crippen molar-refractivity contribution in [3.05, 3.63) is 29.3 Å². The van der Waals surface area contributed by atoms with Gasteiger partial charge < -0.3 is 10.0 Å². The number of halogens is 1. The number of carbonyl (C=O) groups excluding carboxylic acids is 1. The maximum atomic E-state index is 11.6. The van der Waals surface area contributed by atoms with E-state index in [-0.39, 0.29) is 18.9 Å². The monoisotopic (exact) mass is 239 g/mol. The van der Waals surface area contributed by atoms with Gasteiger partial charge in [0.1, 0.15) is 0 Å². The molecule has 1 aromatic rings. The third-order valence-corrected chi connectivity index (χ3v) is 2.86. The lowest BCUT2D eigenvalue weighted by Gasteiger charge is -2.15. The number of rotatable bonds is 2. The first-order valence-electron chi connectivity index (χ1n) is 4.86. The molecule has 0 aromatic heterocycles. The van der Waals surface area contributed by atoms with Crippen molar-refractivity contribution in [3.8, 4) is 0 Å². The molecule has 1 amide bonds. The third kappa shape index (κ3) is 2.02. The summed E-state index contributed by atoms with van der Waals surface area (Å²) in [5, 5.41) is 9.43. The summed E-state index contributed by atoms with van der Waals surface area (Å²) in [5.74, 6) is -1.69. The fourth-order valence-corrected chi connectivity index (χ4v) is 1.87. The third-order valence-electron chi connectivity index (χ3n) is 2.61. The predicted molar refractivity (Wildman–Crippen MR) is 59.5 cm³/mol. The highest BCUT2D eigenvalue weighted by atomic mass is 35.5. The van der Waals surface area contributed by atoms with Crippen molar-refractivity contribution < 1.29 is 14.7 Å². The molecule has 84 valence electrons. The molecule has 1 aromatic carbocycles. The minimum atomic E-state index is -0.926. The Hall–Kier alpha value is -1.55. The molecule has 16 heavy (non-hydrogen) atoms. The van der Waals surface area contributed by atoms with E-state index in [2.05, 4.69) is 0 Å². The van der Waals surface area contributed by atoms with Crippen molar-refractivity contribution in [2.24, 2.45) is 5.92 Å². The number of aliphatic carboxylic acids is 1. The molecule has 0 aliphatic carbocycles. The summed E-state index contributed by atoms with van der Waals surface area (Å²) in [5.41, 5.74) is 0.693. The van der Waals surface area contributed by atoms with Crippen molar-refractivity contribution in [2.75, 3.05) is 11.4 Å². The highest BCUT2D eigenvalue weighted by Gasteiger charge is 2.34. The highest BCUT2D eigenvalue weighted by molar-refractivity contribution is 6.30. The van der Waals surface area contributed by atoms with E-state index < -0.39 is 11.9 Å². The highest BCUT2D eigenvalue weighted by Crippen LogP contribution is 2.26. The smallest absolute Gasteiger partial charge is 0.308 e. The number of amides is 1. The number of hydrogen-bond acceptors (Lipinski definition) is 2. The van der Waals surface area contributed by atoms with E-state index >= 15 is 0 Å². The molecule has 1 unspecified atom stereocenters. The lowest BCUT2D eigenvalue weighted by Crippen LogP contribution is -2.25. The first-order valence-corrected chi connectivity index (χ1v) is 5.24. The van der Waals surface area contributed by atoms with Crippen LogP contribution in [0.2, 0.25) is 5.02 Å². The van der Waals surface area contributed by atoms with Gasteiger partial charge in [-0.25, -0.2) is 0 Å². The molecule has 4 nitrogen and oxygen atoms in total. The lowest BCUT2D eigenvalue weighted by molar-refractivity contribution is -0.141. The predicted octanol–water partition coefficient (Wildman–Crippen LogP) is 1.78. The number of benzene rings is 1. The maximum Gasteiger partial charge on any atom is 0.308 e. The van der Waals surface area contributed by atoms with Crippen molar-refractivity contribution in [1.29, 1.82) is 0 Å². The average Bonchev–Trinajstić information content (AvgIpc) is 2.62. The Kier molecular flexibility index (Phi) is 2.83. The normalized spacial score (nSPS) is 20.2. The van der Waals surface area contributed by atoms with Gasteiger partial charge in [-0.1, -0.05) is 11.6 Å². The van der Waals surface area contributed by atoms with Gasteiger partial charge in [-0.05, 0) is 24.3 Å². The molecule has 1 fully saturated rings. The first-order chi connectivity index (χ1) is 7.58. The van der Waals surface area contributed by atoms with Crippen LogP contribution >= 0.6 is 11.6 Å². The number of carboxylic acids is 1. The number of anilines is 1. The molecule has 1 aliphatic rings. The Morgan fingerprint density at radius 3 is 2.50 bits per heavy atom. The first kappa shape index (κ1) is 11.0. The van der Waals surface area contributed by atoms with Gasteiger partial charge in [0.15, 0.2) is 0 Å². The SMILES string of the molecule is O=C(O)C1CC(=O)N(c2ccc(Cl)cc2)C1. The van der Waals surface area contributed by atoms with Crippen LogP contribution in [0, 0.1) is 5.92 Å². The topological polar surface area (TPSA) is 57.6 Å². The van der Waals surface area contributed by atoms with E-state index in [1.807, 2.05) is 0 Å². The Bertz CT molecular complexity index is 429. The van der Waals surface area contributed by atoms with Crippen LogP contribution in [0.4, 0.5) is 5.69 Å². The summed E-state index contributed by atoms with van der Waals surface area (Å²) >= 11 is 5.74. The Morgan fingerprint density at radius 1 is 1.38 bits per heavy atom. The summed E-state index contributed by atoms with van der Waals surface area (Å²) in [6.07, 6.45) is 0.0674. The van der Waals surface area contributed by atoms with E-state index in [1.54, 1.807) is 24.3 Å². The van der Waals surface area contributed by atoms with Gasteiger partial charge in [0.2, 0.25) is 5.91 Å². The van der Waals surface area contributed by atoms with Gasteiger partial charge in [0, 0.05) is 23.7 Å². The quantitative estimate of drug-likeness (QED) is 0.856. The van der Waals surface area contributed by atoms with Gasteiger partial charge in [-0.15, -0.1) is 0 Å². The van der Waals surface area contributed by atoms with Gasteiger partial charge in [-0.3, -0.25) is 9.59 Å². The lowest BCUT2D eigenvalue weighted by atomic mass is 10.1. The molecule has 1 N–H and O–H groups in total. The van der Waals surface area contributed by atoms with Gasteiger partial charge in [-0.2, -0.15) is 0 Å². The number of nitrogens with zero attached hydrogens (tertiary/aromatic N) is 1. The van der Waals surface area contributed by atoms with Crippen LogP contribution < -0.4 is 4.90 Å². The van der Waals surface area contributed by atoms with Crippen LogP contribution in [-0.4, -0.2) is 23.5 Å². The summed E-state index contributed by atoms with van der Waals surface area (Å²) in [4.78, 5) is 23.9. The van der Waals surface area contributed by atoms with Crippen molar-refractivity contribution in [2.45, 2.75) is 6.42 Å². The molecule has 0 saturated carbocycles. The van der Waals surface area contributed by atoms with Gasteiger partial charge >= 0.3 is 5.97 Å². The molecular weight excluding hydrogens is 230 g/mol.